The summed E-state index contributed by atoms with van der Waals surface area (Å²) < 4.78 is 0. The molecule has 0 saturated heterocycles. The first-order valence-electron chi connectivity index (χ1n) is 22.7. The first-order chi connectivity index (χ1) is 31.1. The summed E-state index contributed by atoms with van der Waals surface area (Å²) >= 11 is 0. The molecule has 14 N–H and O–H groups in total. The number of fused-ring (bicyclic) bond motifs is 1. The van der Waals surface area contributed by atoms with Gasteiger partial charge in [-0.2, -0.15) is 0 Å². The van der Waals surface area contributed by atoms with Gasteiger partial charge in [-0.3, -0.25) is 43.2 Å². The Morgan fingerprint density at radius 1 is 0.636 bits per heavy atom. The molecule has 8 amide bonds. The van der Waals surface area contributed by atoms with Crippen LogP contribution < -0.4 is 54.0 Å². The third-order valence-corrected chi connectivity index (χ3v) is 10.8. The third kappa shape index (κ3) is 19.2. The second-order valence-electron chi connectivity index (χ2n) is 17.6. The number of hydrogen-bond acceptors (Lipinski definition) is 11. The van der Waals surface area contributed by atoms with Gasteiger partial charge in [-0.15, -0.1) is 0 Å². The monoisotopic (exact) mass is 928 g/mol. The first-order valence-corrected chi connectivity index (χ1v) is 22.7. The molecule has 1 heterocycles. The predicted molar refractivity (Wildman–Crippen MR) is 248 cm³/mol. The number of unbranched alkanes of at least 4 members (excludes halogenated alkanes) is 1. The molecule has 0 radical (unpaired) electrons. The maximum Gasteiger partial charge on any atom is 0.322 e. The molecule has 368 valence electrons. The van der Waals surface area contributed by atoms with Crippen LogP contribution in [0.2, 0.25) is 0 Å². The second kappa shape index (κ2) is 28.1. The lowest BCUT2D eigenvalue weighted by Gasteiger charge is -2.28. The Bertz CT molecular complexity index is 1970. The van der Waals surface area contributed by atoms with E-state index >= 15 is 0 Å². The van der Waals surface area contributed by atoms with Crippen LogP contribution in [0.1, 0.15) is 99.5 Å². The van der Waals surface area contributed by atoms with Crippen molar-refractivity contribution in [2.45, 2.75) is 143 Å². The number of carbonyl (C=O) groups is 9. The molecule has 0 fully saturated rings. The molecule has 1 aromatic heterocycles. The highest BCUT2D eigenvalue weighted by Crippen LogP contribution is 2.20. The van der Waals surface area contributed by atoms with Crippen LogP contribution >= 0.6 is 0 Å². The van der Waals surface area contributed by atoms with Crippen molar-refractivity contribution in [3.8, 4) is 0 Å². The van der Waals surface area contributed by atoms with Gasteiger partial charge in [0.25, 0.3) is 0 Å². The Morgan fingerprint density at radius 2 is 1.20 bits per heavy atom. The highest BCUT2D eigenvalue weighted by atomic mass is 16.4. The van der Waals surface area contributed by atoms with Crippen LogP contribution in [0.25, 0.3) is 10.9 Å². The Hall–Kier alpha value is -6.09. The number of carboxylic acids is 1. The zero-order chi connectivity index (χ0) is 49.7. The van der Waals surface area contributed by atoms with Gasteiger partial charge in [0.1, 0.15) is 42.8 Å². The van der Waals surface area contributed by atoms with E-state index in [4.69, 9.17) is 16.6 Å². The summed E-state index contributed by atoms with van der Waals surface area (Å²) in [5.74, 6) is -7.25. The Kier molecular flexibility index (Phi) is 23.8. The lowest BCUT2D eigenvalue weighted by molar-refractivity contribution is -0.138. The number of hydrogen-bond donors (Lipinski definition) is 12. The molecular weight excluding hydrogens is 855 g/mol. The Balaban J connectivity index is 2.25. The van der Waals surface area contributed by atoms with Crippen molar-refractivity contribution in [1.29, 1.82) is 0 Å². The molecule has 0 saturated carbocycles. The van der Waals surface area contributed by atoms with E-state index in [2.05, 4.69) is 47.5 Å². The van der Waals surface area contributed by atoms with Crippen molar-refractivity contribution in [1.82, 2.24) is 47.5 Å². The predicted octanol–water partition coefficient (Wildman–Crippen LogP) is -0.429. The normalized spacial score (nSPS) is 14.9. The zero-order valence-corrected chi connectivity index (χ0v) is 39.5. The van der Waals surface area contributed by atoms with Crippen LogP contribution in [0.5, 0.6) is 0 Å². The zero-order valence-electron chi connectivity index (χ0n) is 39.5. The molecule has 0 unspecified atom stereocenters. The SMILES string of the molecule is CC[C@H](C)[C@H](NC(=O)[C@H](C)NC(=O)[C@H](CC(C)C)NC(=O)[C@H](Cc1c[nH]c2ccccc12)NC(=O)[C@H](CC(C)C)NC(=O)[C@H](C)N)C(=O)NCC(=O)N[C@@H](CCCCN)C(=O)NCC(=O)O. The van der Waals surface area contributed by atoms with Crippen LogP contribution in [-0.4, -0.2) is 125 Å². The molecule has 2 aromatic rings. The number of carboxylic acid groups (broad SMARTS) is 1. The third-order valence-electron chi connectivity index (χ3n) is 10.8. The highest BCUT2D eigenvalue weighted by molar-refractivity contribution is 5.98. The number of aromatic amines is 1. The van der Waals surface area contributed by atoms with Gasteiger partial charge in [0.05, 0.1) is 12.6 Å². The minimum absolute atomic E-state index is 0.0142. The number of nitrogens with one attached hydrogen (secondary N) is 9. The summed E-state index contributed by atoms with van der Waals surface area (Å²) in [5, 5.41) is 30.5. The lowest BCUT2D eigenvalue weighted by atomic mass is 9.97. The van der Waals surface area contributed by atoms with E-state index in [1.54, 1.807) is 20.0 Å². The van der Waals surface area contributed by atoms with Gasteiger partial charge in [0, 0.05) is 23.5 Å². The number of carbonyl (C=O) groups excluding carboxylic acids is 8. The summed E-state index contributed by atoms with van der Waals surface area (Å²) in [6, 6.07) is -0.289. The standard InChI is InChI=1S/C45H73N11O10/c1-9-26(6)38(45(66)49-22-36(57)52-32(16-12-13-17-46)41(62)50-23-37(58)59)56-40(61)28(8)51-42(63)33(18-24(2)3)54-44(65)35(20-29-21-48-31-15-11-10-14-30(29)31)55-43(64)34(19-25(4)5)53-39(60)27(7)47/h10-11,14-15,21,24-28,32-35,38,48H,9,12-13,16-20,22-23,46-47H2,1-8H3,(H,49,66)(H,50,62)(H,51,63)(H,52,57)(H,53,60)(H,54,65)(H,55,64)(H,56,61)(H,58,59)/t26-,27-,28-,32-,33-,34-,35-,38-/m0/s1. The van der Waals surface area contributed by atoms with E-state index in [9.17, 15) is 43.2 Å². The number of para-hydroxylation sites is 1. The van der Waals surface area contributed by atoms with Gasteiger partial charge in [-0.05, 0) is 81.9 Å². The molecule has 2 rings (SSSR count). The van der Waals surface area contributed by atoms with Gasteiger partial charge >= 0.3 is 5.97 Å². The minimum atomic E-state index is -1.26. The molecule has 21 nitrogen and oxygen atoms in total. The maximum absolute atomic E-state index is 14.3. The number of rotatable bonds is 29. The van der Waals surface area contributed by atoms with E-state index in [0.717, 1.165) is 10.9 Å². The molecule has 0 bridgehead atoms. The van der Waals surface area contributed by atoms with E-state index < -0.39 is 115 Å². The molecular formula is C45H73N11O10. The molecule has 66 heavy (non-hydrogen) atoms. The smallest absolute Gasteiger partial charge is 0.322 e. The summed E-state index contributed by atoms with van der Waals surface area (Å²) in [5.41, 5.74) is 12.8. The number of benzene rings is 1. The Morgan fingerprint density at radius 3 is 1.77 bits per heavy atom. The molecule has 8 atom stereocenters. The van der Waals surface area contributed by atoms with Gasteiger partial charge < -0.3 is 64.1 Å². The fourth-order valence-corrected chi connectivity index (χ4v) is 6.91. The van der Waals surface area contributed by atoms with Crippen molar-refractivity contribution >= 4 is 64.1 Å². The minimum Gasteiger partial charge on any atom is -0.480 e. The average molecular weight is 928 g/mol. The lowest BCUT2D eigenvalue weighted by Crippen LogP contribution is -2.60. The fourth-order valence-electron chi connectivity index (χ4n) is 6.91. The average Bonchev–Trinajstić information content (AvgIpc) is 3.66. The van der Waals surface area contributed by atoms with Crippen molar-refractivity contribution < 1.29 is 48.3 Å². The molecule has 0 aliphatic carbocycles. The first kappa shape index (κ1) is 56.0. The van der Waals surface area contributed by atoms with E-state index in [-0.39, 0.29) is 37.5 Å². The number of H-pyrrole nitrogens is 1. The summed E-state index contributed by atoms with van der Waals surface area (Å²) in [6.45, 7) is 13.0. The highest BCUT2D eigenvalue weighted by Gasteiger charge is 2.34. The van der Waals surface area contributed by atoms with Gasteiger partial charge in [0.2, 0.25) is 47.3 Å². The molecule has 0 aliphatic rings. The van der Waals surface area contributed by atoms with Gasteiger partial charge in [0.15, 0.2) is 0 Å². The number of nitrogens with two attached hydrogens (primary N) is 2. The molecule has 0 aliphatic heterocycles. The van der Waals surface area contributed by atoms with E-state index in [0.29, 0.717) is 31.4 Å². The van der Waals surface area contributed by atoms with Gasteiger partial charge in [-0.25, -0.2) is 0 Å². The van der Waals surface area contributed by atoms with Crippen molar-refractivity contribution in [3.63, 3.8) is 0 Å². The number of aliphatic carboxylic acids is 1. The number of aromatic nitrogens is 1. The van der Waals surface area contributed by atoms with Crippen LogP contribution in [-0.2, 0) is 49.6 Å². The van der Waals surface area contributed by atoms with E-state index in [1.165, 1.54) is 13.8 Å². The number of amides is 8. The summed E-state index contributed by atoms with van der Waals surface area (Å²) in [6.07, 6.45) is 3.80. The summed E-state index contributed by atoms with van der Waals surface area (Å²) in [7, 11) is 0. The topological polar surface area (TPSA) is 338 Å². The van der Waals surface area contributed by atoms with E-state index in [1.807, 2.05) is 52.0 Å². The van der Waals surface area contributed by atoms with Crippen LogP contribution in [0, 0.1) is 17.8 Å². The van der Waals surface area contributed by atoms with Crippen LogP contribution in [0.15, 0.2) is 30.5 Å². The molecule has 1 aromatic carbocycles. The quantitative estimate of drug-likeness (QED) is 0.0463. The van der Waals surface area contributed by atoms with Gasteiger partial charge in [-0.1, -0.05) is 66.2 Å². The fraction of sp³-hybridized carbons (Fsp3) is 0.622. The van der Waals surface area contributed by atoms with Crippen LogP contribution in [0.4, 0.5) is 0 Å². The van der Waals surface area contributed by atoms with Crippen LogP contribution in [0.3, 0.4) is 0 Å². The Labute approximate surface area is 386 Å². The summed E-state index contributed by atoms with van der Waals surface area (Å²) in [4.78, 5) is 121. The second-order valence-corrected chi connectivity index (χ2v) is 17.6. The van der Waals surface area contributed by atoms with Crippen molar-refractivity contribution in [2.75, 3.05) is 19.6 Å². The van der Waals surface area contributed by atoms with Crippen molar-refractivity contribution in [3.05, 3.63) is 36.0 Å². The largest absolute Gasteiger partial charge is 0.480 e. The molecule has 0 spiro atoms. The van der Waals surface area contributed by atoms with Crippen molar-refractivity contribution in [2.24, 2.45) is 29.2 Å². The molecule has 21 heteroatoms. The maximum atomic E-state index is 14.3.